The fourth-order valence-corrected chi connectivity index (χ4v) is 5.50. The van der Waals surface area contributed by atoms with Crippen molar-refractivity contribution in [3.05, 3.63) is 0 Å². The number of carboxylic acids is 1. The van der Waals surface area contributed by atoms with E-state index in [0.717, 1.165) is 24.6 Å². The van der Waals surface area contributed by atoms with Gasteiger partial charge in [-0.15, -0.1) is 0 Å². The van der Waals surface area contributed by atoms with Crippen LogP contribution in [0.1, 0.15) is 25.7 Å². The molecule has 0 aliphatic carbocycles. The molecule has 0 aromatic heterocycles. The number of carboxylic acid groups (broad SMARTS) is 1. The van der Waals surface area contributed by atoms with E-state index < -0.39 is 5.97 Å². The number of amides is 2. The first-order chi connectivity index (χ1) is 7.66. The molecular weight excluding hydrogens is 275 g/mol. The van der Waals surface area contributed by atoms with Crippen molar-refractivity contribution in [1.29, 1.82) is 0 Å². The van der Waals surface area contributed by atoms with Crippen LogP contribution in [0.3, 0.4) is 0 Å². The summed E-state index contributed by atoms with van der Waals surface area (Å²) in [6.45, 7) is 0. The van der Waals surface area contributed by atoms with E-state index in [1.54, 1.807) is 0 Å². The number of rotatable bonds is 5. The number of carbonyl (C=O) groups excluding carboxylic acids is 1. The molecule has 0 spiro atoms. The first-order valence-electron chi connectivity index (χ1n) is 5.57. The van der Waals surface area contributed by atoms with E-state index in [2.05, 4.69) is 10.6 Å². The van der Waals surface area contributed by atoms with Crippen LogP contribution in [0.2, 0.25) is 10.1 Å². The maximum absolute atomic E-state index is 11.1. The van der Waals surface area contributed by atoms with Gasteiger partial charge in [-0.3, -0.25) is 0 Å². The van der Waals surface area contributed by atoms with Crippen molar-refractivity contribution in [1.82, 2.24) is 10.6 Å². The average molecular weight is 291 g/mol. The van der Waals surface area contributed by atoms with Gasteiger partial charge in [-0.25, -0.2) is 0 Å². The minimum absolute atomic E-state index is 0.0407. The van der Waals surface area contributed by atoms with Gasteiger partial charge in [0.05, 0.1) is 0 Å². The standard InChI is InChI=1S/C10H16N2O3Se/c13-8(14)4-2-1-3-7-9-6(5-16-7)11-10(15)12-9/h6-7,9H,1-5H2,(H,13,14)(H2,11,12,15)/t6-,7-,9-/m0/s1. The summed E-state index contributed by atoms with van der Waals surface area (Å²) in [6.07, 6.45) is 3.02. The Kier molecular flexibility index (Phi) is 3.71. The molecule has 0 aromatic rings. The summed E-state index contributed by atoms with van der Waals surface area (Å²) in [4.78, 5) is 22.1. The van der Waals surface area contributed by atoms with E-state index in [1.807, 2.05) is 0 Å². The molecule has 0 unspecified atom stereocenters. The van der Waals surface area contributed by atoms with Gasteiger partial charge < -0.3 is 0 Å². The van der Waals surface area contributed by atoms with Crippen LogP contribution >= 0.6 is 0 Å². The van der Waals surface area contributed by atoms with E-state index in [1.165, 1.54) is 0 Å². The third-order valence-electron chi connectivity index (χ3n) is 3.07. The summed E-state index contributed by atoms with van der Waals surface area (Å²) >= 11 is 0.583. The number of fused-ring (bicyclic) bond motifs is 1. The van der Waals surface area contributed by atoms with Crippen LogP contribution < -0.4 is 10.6 Å². The van der Waals surface area contributed by atoms with Crippen molar-refractivity contribution in [2.24, 2.45) is 0 Å². The topological polar surface area (TPSA) is 78.4 Å². The van der Waals surface area contributed by atoms with Gasteiger partial charge in [0, 0.05) is 0 Å². The molecule has 0 bridgehead atoms. The Morgan fingerprint density at radius 3 is 3.00 bits per heavy atom. The van der Waals surface area contributed by atoms with Gasteiger partial charge in [-0.2, -0.15) is 0 Å². The zero-order chi connectivity index (χ0) is 11.5. The normalized spacial score (nSPS) is 32.0. The van der Waals surface area contributed by atoms with E-state index in [0.29, 0.717) is 31.9 Å². The Labute approximate surface area is 101 Å². The van der Waals surface area contributed by atoms with Gasteiger partial charge in [0.25, 0.3) is 0 Å². The molecule has 2 saturated heterocycles. The second kappa shape index (κ2) is 5.06. The number of aliphatic carboxylic acids is 1. The molecule has 3 N–H and O–H groups in total. The fraction of sp³-hybridized carbons (Fsp3) is 0.800. The van der Waals surface area contributed by atoms with Gasteiger partial charge >= 0.3 is 100 Å². The van der Waals surface area contributed by atoms with Crippen LogP contribution in [0.25, 0.3) is 0 Å². The third-order valence-corrected chi connectivity index (χ3v) is 6.23. The Morgan fingerprint density at radius 1 is 1.44 bits per heavy atom. The number of hydrogen-bond donors (Lipinski definition) is 3. The summed E-state index contributed by atoms with van der Waals surface area (Å²) in [5.74, 6) is -0.717. The van der Waals surface area contributed by atoms with E-state index in [9.17, 15) is 9.59 Å². The molecule has 90 valence electrons. The monoisotopic (exact) mass is 292 g/mol. The molecule has 3 atom stereocenters. The number of hydrogen-bond acceptors (Lipinski definition) is 2. The van der Waals surface area contributed by atoms with E-state index in [4.69, 9.17) is 5.11 Å². The second-order valence-electron chi connectivity index (χ2n) is 4.26. The molecule has 2 rings (SSSR count). The van der Waals surface area contributed by atoms with Crippen LogP contribution in [0.15, 0.2) is 0 Å². The Morgan fingerprint density at radius 2 is 2.25 bits per heavy atom. The molecule has 2 aliphatic heterocycles. The summed E-state index contributed by atoms with van der Waals surface area (Å²) in [5, 5.41) is 15.5. The van der Waals surface area contributed by atoms with E-state index >= 15 is 0 Å². The number of nitrogens with one attached hydrogen (secondary N) is 2. The molecule has 0 saturated carbocycles. The molecule has 2 aliphatic rings. The first kappa shape index (κ1) is 11.7. The maximum atomic E-state index is 11.1. The van der Waals surface area contributed by atoms with Gasteiger partial charge in [0.15, 0.2) is 0 Å². The summed E-state index contributed by atoms with van der Waals surface area (Å²) in [6, 6.07) is 0.593. The zero-order valence-corrected chi connectivity index (χ0v) is 10.7. The van der Waals surface area contributed by atoms with E-state index in [-0.39, 0.29) is 12.5 Å². The summed E-state index contributed by atoms with van der Waals surface area (Å²) in [5.41, 5.74) is 0. The zero-order valence-electron chi connectivity index (χ0n) is 8.94. The van der Waals surface area contributed by atoms with Crippen LogP contribution in [0.4, 0.5) is 4.79 Å². The summed E-state index contributed by atoms with van der Waals surface area (Å²) < 4.78 is 0. The van der Waals surface area contributed by atoms with Gasteiger partial charge in [-0.05, 0) is 0 Å². The van der Waals surface area contributed by atoms with Crippen LogP contribution in [0.5, 0.6) is 0 Å². The Hall–Kier alpha value is -0.741. The Balaban J connectivity index is 1.70. The van der Waals surface area contributed by atoms with Crippen molar-refractivity contribution >= 4 is 27.0 Å². The van der Waals surface area contributed by atoms with Crippen LogP contribution in [-0.4, -0.2) is 44.1 Å². The van der Waals surface area contributed by atoms with Crippen LogP contribution in [0, 0.1) is 0 Å². The predicted molar refractivity (Wildman–Crippen MR) is 59.7 cm³/mol. The quantitative estimate of drug-likeness (QED) is 0.513. The second-order valence-corrected chi connectivity index (χ2v) is 6.93. The number of unbranched alkanes of at least 4 members (excludes halogenated alkanes) is 1. The molecule has 6 heteroatoms. The molecule has 2 fully saturated rings. The predicted octanol–water partition coefficient (Wildman–Crippen LogP) is 0.606. The van der Waals surface area contributed by atoms with Gasteiger partial charge in [-0.1, -0.05) is 0 Å². The van der Waals surface area contributed by atoms with Crippen molar-refractivity contribution in [3.63, 3.8) is 0 Å². The molecule has 0 radical (unpaired) electrons. The minimum atomic E-state index is -0.717. The number of urea groups is 1. The van der Waals surface area contributed by atoms with Gasteiger partial charge in [0.1, 0.15) is 0 Å². The van der Waals surface area contributed by atoms with Gasteiger partial charge in [0.2, 0.25) is 0 Å². The molecule has 2 heterocycles. The number of carbonyl (C=O) groups is 2. The molecular formula is C10H16N2O3Se. The third kappa shape index (κ3) is 2.68. The molecule has 16 heavy (non-hydrogen) atoms. The summed E-state index contributed by atoms with van der Waals surface area (Å²) in [7, 11) is 0. The Bertz CT molecular complexity index is 298. The molecule has 5 nitrogen and oxygen atoms in total. The van der Waals surface area contributed by atoms with Crippen molar-refractivity contribution in [2.75, 3.05) is 0 Å². The molecule has 2 amide bonds. The van der Waals surface area contributed by atoms with Crippen LogP contribution in [-0.2, 0) is 4.79 Å². The SMILES string of the molecule is O=C(O)CCCC[C@@H]1[Se]C[C@@H]2NC(=O)N[C@@H]21. The first-order valence-corrected chi connectivity index (χ1v) is 7.77. The van der Waals surface area contributed by atoms with Crippen molar-refractivity contribution < 1.29 is 14.7 Å². The molecule has 0 aromatic carbocycles. The van der Waals surface area contributed by atoms with Crippen molar-refractivity contribution in [2.45, 2.75) is 47.9 Å². The average Bonchev–Trinajstić information content (AvgIpc) is 2.72. The van der Waals surface area contributed by atoms with Crippen molar-refractivity contribution in [3.8, 4) is 0 Å². The fourth-order valence-electron chi connectivity index (χ4n) is 2.26.